The standard InChI is InChI=1S/C16H19FN2O3/c1-9(2)16(3,8-14(20)21)19-15(22)13-7-10-11(17)5-4-6-12(10)18-13/h4-7,9,18H,8H2,1-3H3,(H,19,22)(H,20,21). The third-order valence-corrected chi connectivity index (χ3v) is 4.05. The van der Waals surface area contributed by atoms with Crippen molar-refractivity contribution in [2.24, 2.45) is 5.92 Å². The van der Waals surface area contributed by atoms with Gasteiger partial charge in [-0.15, -0.1) is 0 Å². The van der Waals surface area contributed by atoms with Gasteiger partial charge in [0, 0.05) is 10.9 Å². The van der Waals surface area contributed by atoms with Gasteiger partial charge in [0.25, 0.3) is 5.91 Å². The first-order valence-electron chi connectivity index (χ1n) is 7.04. The number of carbonyl (C=O) groups excluding carboxylic acids is 1. The van der Waals surface area contributed by atoms with Crippen LogP contribution in [0.3, 0.4) is 0 Å². The molecular formula is C16H19FN2O3. The fourth-order valence-corrected chi connectivity index (χ4v) is 2.27. The highest BCUT2D eigenvalue weighted by atomic mass is 19.1. The summed E-state index contributed by atoms with van der Waals surface area (Å²) in [5.41, 5.74) is -0.161. The molecule has 0 fully saturated rings. The summed E-state index contributed by atoms with van der Waals surface area (Å²) in [7, 11) is 0. The van der Waals surface area contributed by atoms with Crippen LogP contribution in [-0.2, 0) is 4.79 Å². The molecule has 0 spiro atoms. The Morgan fingerprint density at radius 2 is 2.09 bits per heavy atom. The van der Waals surface area contributed by atoms with Gasteiger partial charge >= 0.3 is 5.97 Å². The molecular weight excluding hydrogens is 287 g/mol. The summed E-state index contributed by atoms with van der Waals surface area (Å²) in [6.45, 7) is 5.37. The maximum Gasteiger partial charge on any atom is 0.305 e. The van der Waals surface area contributed by atoms with E-state index in [1.54, 1.807) is 19.1 Å². The lowest BCUT2D eigenvalue weighted by Crippen LogP contribution is -2.51. The number of H-pyrrole nitrogens is 1. The largest absolute Gasteiger partial charge is 0.481 e. The van der Waals surface area contributed by atoms with E-state index in [0.29, 0.717) is 10.9 Å². The van der Waals surface area contributed by atoms with Gasteiger partial charge in [-0.2, -0.15) is 0 Å². The van der Waals surface area contributed by atoms with Crippen molar-refractivity contribution < 1.29 is 19.1 Å². The van der Waals surface area contributed by atoms with Crippen molar-refractivity contribution in [1.29, 1.82) is 0 Å². The van der Waals surface area contributed by atoms with E-state index in [2.05, 4.69) is 10.3 Å². The van der Waals surface area contributed by atoms with Crippen LogP contribution in [0.1, 0.15) is 37.7 Å². The van der Waals surface area contributed by atoms with Crippen molar-refractivity contribution >= 4 is 22.8 Å². The van der Waals surface area contributed by atoms with Gasteiger partial charge in [-0.25, -0.2) is 4.39 Å². The molecule has 3 N–H and O–H groups in total. The third kappa shape index (κ3) is 3.10. The molecule has 1 atom stereocenters. The molecule has 1 aromatic carbocycles. The van der Waals surface area contributed by atoms with Crippen molar-refractivity contribution in [3.8, 4) is 0 Å². The van der Waals surface area contributed by atoms with Gasteiger partial charge in [0.2, 0.25) is 0 Å². The van der Waals surface area contributed by atoms with Gasteiger partial charge in [0.1, 0.15) is 11.5 Å². The second kappa shape index (κ2) is 5.79. The molecule has 1 amide bonds. The number of halogens is 1. The van der Waals surface area contributed by atoms with E-state index in [4.69, 9.17) is 5.11 Å². The van der Waals surface area contributed by atoms with Crippen molar-refractivity contribution in [2.45, 2.75) is 32.7 Å². The topological polar surface area (TPSA) is 82.2 Å². The van der Waals surface area contributed by atoms with E-state index in [0.717, 1.165) is 0 Å². The number of aliphatic carboxylic acids is 1. The summed E-state index contributed by atoms with van der Waals surface area (Å²) >= 11 is 0. The van der Waals surface area contributed by atoms with Crippen molar-refractivity contribution in [2.75, 3.05) is 0 Å². The molecule has 0 aliphatic heterocycles. The first-order valence-corrected chi connectivity index (χ1v) is 7.04. The van der Waals surface area contributed by atoms with Crippen LogP contribution in [-0.4, -0.2) is 27.5 Å². The lowest BCUT2D eigenvalue weighted by molar-refractivity contribution is -0.138. The zero-order valence-electron chi connectivity index (χ0n) is 12.7. The predicted molar refractivity (Wildman–Crippen MR) is 81.2 cm³/mol. The maximum atomic E-state index is 13.7. The number of benzene rings is 1. The smallest absolute Gasteiger partial charge is 0.305 e. The fraction of sp³-hybridized carbons (Fsp3) is 0.375. The zero-order valence-corrected chi connectivity index (χ0v) is 12.7. The SMILES string of the molecule is CC(C)C(C)(CC(=O)O)NC(=O)c1cc2c(F)cccc2[nH]1. The Morgan fingerprint density at radius 3 is 2.64 bits per heavy atom. The van der Waals surface area contributed by atoms with Gasteiger partial charge < -0.3 is 15.4 Å². The first-order chi connectivity index (χ1) is 10.2. The molecule has 5 nitrogen and oxygen atoms in total. The van der Waals surface area contributed by atoms with Crippen molar-refractivity contribution in [3.63, 3.8) is 0 Å². The second-order valence-corrected chi connectivity index (χ2v) is 5.98. The number of rotatable bonds is 5. The first kappa shape index (κ1) is 16.0. The van der Waals surface area contributed by atoms with E-state index in [1.807, 2.05) is 13.8 Å². The summed E-state index contributed by atoms with van der Waals surface area (Å²) < 4.78 is 13.7. The molecule has 0 saturated heterocycles. The average molecular weight is 306 g/mol. The van der Waals surface area contributed by atoms with Crippen LogP contribution in [0.25, 0.3) is 10.9 Å². The summed E-state index contributed by atoms with van der Waals surface area (Å²) in [4.78, 5) is 26.2. The molecule has 2 aromatic rings. The number of carboxylic acid groups (broad SMARTS) is 1. The lowest BCUT2D eigenvalue weighted by Gasteiger charge is -2.33. The Labute approximate surface area is 127 Å². The van der Waals surface area contributed by atoms with E-state index in [-0.39, 0.29) is 18.0 Å². The minimum atomic E-state index is -0.987. The lowest BCUT2D eigenvalue weighted by atomic mass is 9.85. The number of hydrogen-bond acceptors (Lipinski definition) is 2. The Hall–Kier alpha value is -2.37. The van der Waals surface area contributed by atoms with Crippen LogP contribution < -0.4 is 5.32 Å². The predicted octanol–water partition coefficient (Wildman–Crippen LogP) is 2.93. The number of aromatic nitrogens is 1. The molecule has 1 heterocycles. The highest BCUT2D eigenvalue weighted by molar-refractivity contribution is 5.98. The molecule has 1 unspecified atom stereocenters. The maximum absolute atomic E-state index is 13.7. The Bertz CT molecular complexity index is 723. The molecule has 0 saturated carbocycles. The molecule has 22 heavy (non-hydrogen) atoms. The van der Waals surface area contributed by atoms with Crippen molar-refractivity contribution in [1.82, 2.24) is 10.3 Å². The number of fused-ring (bicyclic) bond motifs is 1. The second-order valence-electron chi connectivity index (χ2n) is 5.98. The Kier molecular flexibility index (Phi) is 4.21. The van der Waals surface area contributed by atoms with E-state index >= 15 is 0 Å². The van der Waals surface area contributed by atoms with Gasteiger partial charge in [-0.1, -0.05) is 19.9 Å². The van der Waals surface area contributed by atoms with Gasteiger partial charge in [0.15, 0.2) is 0 Å². The Morgan fingerprint density at radius 1 is 1.41 bits per heavy atom. The van der Waals surface area contributed by atoms with Crippen LogP contribution in [0.2, 0.25) is 0 Å². The number of nitrogens with one attached hydrogen (secondary N) is 2. The molecule has 0 aliphatic carbocycles. The van der Waals surface area contributed by atoms with Gasteiger partial charge in [0.05, 0.1) is 12.0 Å². The molecule has 1 aromatic heterocycles. The number of aromatic amines is 1. The zero-order chi connectivity index (χ0) is 16.5. The molecule has 118 valence electrons. The number of hydrogen-bond donors (Lipinski definition) is 3. The highest BCUT2D eigenvalue weighted by Crippen LogP contribution is 2.23. The summed E-state index contributed by atoms with van der Waals surface area (Å²) in [5.74, 6) is -1.93. The monoisotopic (exact) mass is 306 g/mol. The van der Waals surface area contributed by atoms with Crippen LogP contribution >= 0.6 is 0 Å². The molecule has 2 rings (SSSR count). The normalized spacial score (nSPS) is 14.0. The quantitative estimate of drug-likeness (QED) is 0.794. The molecule has 0 aliphatic rings. The summed E-state index contributed by atoms with van der Waals surface area (Å²) in [5, 5.41) is 12.1. The highest BCUT2D eigenvalue weighted by Gasteiger charge is 2.33. The van der Waals surface area contributed by atoms with E-state index in [9.17, 15) is 14.0 Å². The molecule has 6 heteroatoms. The average Bonchev–Trinajstić information content (AvgIpc) is 2.83. The minimum absolute atomic E-state index is 0.0753. The van der Waals surface area contributed by atoms with Crippen LogP contribution in [0, 0.1) is 11.7 Å². The summed E-state index contributed by atoms with van der Waals surface area (Å²) in [6, 6.07) is 5.98. The third-order valence-electron chi connectivity index (χ3n) is 4.05. The Balaban J connectivity index is 2.29. The fourth-order valence-electron chi connectivity index (χ4n) is 2.27. The van der Waals surface area contributed by atoms with Gasteiger partial charge in [-0.05, 0) is 31.0 Å². The minimum Gasteiger partial charge on any atom is -0.481 e. The van der Waals surface area contributed by atoms with Crippen LogP contribution in [0.4, 0.5) is 4.39 Å². The molecule has 0 radical (unpaired) electrons. The molecule has 0 bridgehead atoms. The number of amides is 1. The number of carboxylic acids is 1. The van der Waals surface area contributed by atoms with Crippen LogP contribution in [0.15, 0.2) is 24.3 Å². The summed E-state index contributed by atoms with van der Waals surface area (Å²) in [6.07, 6.45) is -0.189. The van der Waals surface area contributed by atoms with E-state index in [1.165, 1.54) is 12.1 Å². The van der Waals surface area contributed by atoms with Crippen molar-refractivity contribution in [3.05, 3.63) is 35.8 Å². The number of carbonyl (C=O) groups is 2. The van der Waals surface area contributed by atoms with E-state index < -0.39 is 23.2 Å². The van der Waals surface area contributed by atoms with Gasteiger partial charge in [-0.3, -0.25) is 9.59 Å². The van der Waals surface area contributed by atoms with Crippen LogP contribution in [0.5, 0.6) is 0 Å².